The molecule has 0 aliphatic heterocycles. The Labute approximate surface area is 123 Å². The molecular weight excluding hydrogens is 272 g/mol. The molecule has 0 aromatic heterocycles. The fourth-order valence-electron chi connectivity index (χ4n) is 2.14. The zero-order valence-electron chi connectivity index (χ0n) is 12.0. The van der Waals surface area contributed by atoms with Crippen LogP contribution in [0, 0.1) is 0 Å². The largest absolute Gasteiger partial charge is 0.380 e. The van der Waals surface area contributed by atoms with Crippen molar-refractivity contribution in [3.8, 4) is 0 Å². The molecule has 0 saturated carbocycles. The van der Waals surface area contributed by atoms with Crippen molar-refractivity contribution in [1.82, 2.24) is 5.32 Å². The monoisotopic (exact) mass is 291 g/mol. The Bertz CT molecular complexity index is 558. The number of alkyl halides is 2. The molecule has 0 aliphatic rings. The third-order valence-corrected chi connectivity index (χ3v) is 3.17. The van der Waals surface area contributed by atoms with Crippen molar-refractivity contribution in [2.45, 2.75) is 19.1 Å². The number of hydrogen-bond acceptors (Lipinski definition) is 2. The highest BCUT2D eigenvalue weighted by Crippen LogP contribution is 2.26. The maximum atomic E-state index is 14.0. The summed E-state index contributed by atoms with van der Waals surface area (Å²) < 4.78 is 33.0. The summed E-state index contributed by atoms with van der Waals surface area (Å²) in [5, 5.41) is 2.82. The molecule has 1 N–H and O–H groups in total. The van der Waals surface area contributed by atoms with E-state index in [-0.39, 0.29) is 12.1 Å². The molecule has 0 radical (unpaired) electrons. The molecule has 0 bridgehead atoms. The van der Waals surface area contributed by atoms with Gasteiger partial charge in [-0.25, -0.2) is 0 Å². The average Bonchev–Trinajstić information content (AvgIpc) is 2.49. The summed E-state index contributed by atoms with van der Waals surface area (Å²) >= 11 is 0. The first-order valence-electron chi connectivity index (χ1n) is 6.82. The zero-order chi connectivity index (χ0) is 15.1. The van der Waals surface area contributed by atoms with Crippen LogP contribution in [0.1, 0.15) is 16.7 Å². The van der Waals surface area contributed by atoms with E-state index < -0.39 is 5.92 Å². The summed E-state index contributed by atoms with van der Waals surface area (Å²) in [5.41, 5.74) is 2.03. The molecule has 21 heavy (non-hydrogen) atoms. The number of benzene rings is 2. The quantitative estimate of drug-likeness (QED) is 0.839. The van der Waals surface area contributed by atoms with Crippen LogP contribution in [-0.2, 0) is 23.8 Å². The highest BCUT2D eigenvalue weighted by Gasteiger charge is 2.30. The fraction of sp³-hybridized carbons (Fsp3) is 0.294. The number of rotatable bonds is 7. The van der Waals surface area contributed by atoms with Crippen molar-refractivity contribution in [2.75, 3.05) is 13.7 Å². The van der Waals surface area contributed by atoms with Crippen molar-refractivity contribution < 1.29 is 13.5 Å². The van der Waals surface area contributed by atoms with Crippen molar-refractivity contribution >= 4 is 0 Å². The molecule has 2 aromatic carbocycles. The van der Waals surface area contributed by atoms with Crippen LogP contribution in [0.4, 0.5) is 8.78 Å². The lowest BCUT2D eigenvalue weighted by molar-refractivity contribution is -0.00343. The summed E-state index contributed by atoms with van der Waals surface area (Å²) in [6.07, 6.45) is 0. The maximum absolute atomic E-state index is 14.0. The van der Waals surface area contributed by atoms with Crippen molar-refractivity contribution in [2.24, 2.45) is 0 Å². The van der Waals surface area contributed by atoms with Gasteiger partial charge >= 0.3 is 0 Å². The van der Waals surface area contributed by atoms with Gasteiger partial charge in [0, 0.05) is 19.2 Å². The van der Waals surface area contributed by atoms with Gasteiger partial charge in [-0.3, -0.25) is 0 Å². The van der Waals surface area contributed by atoms with E-state index in [1.165, 1.54) is 12.1 Å². The zero-order valence-corrected chi connectivity index (χ0v) is 12.0. The van der Waals surface area contributed by atoms with Crippen LogP contribution in [0.25, 0.3) is 0 Å². The van der Waals surface area contributed by atoms with Crippen molar-refractivity contribution in [3.63, 3.8) is 0 Å². The average molecular weight is 291 g/mol. The Morgan fingerprint density at radius 1 is 1.00 bits per heavy atom. The van der Waals surface area contributed by atoms with Gasteiger partial charge in [0.25, 0.3) is 5.92 Å². The number of nitrogens with one attached hydrogen (secondary N) is 1. The van der Waals surface area contributed by atoms with Crippen LogP contribution in [0.5, 0.6) is 0 Å². The van der Waals surface area contributed by atoms with Gasteiger partial charge in [-0.1, -0.05) is 54.6 Å². The van der Waals surface area contributed by atoms with E-state index >= 15 is 0 Å². The van der Waals surface area contributed by atoms with Crippen LogP contribution in [0.2, 0.25) is 0 Å². The lowest BCUT2D eigenvalue weighted by Gasteiger charge is -2.17. The van der Waals surface area contributed by atoms with Gasteiger partial charge in [0.1, 0.15) is 0 Å². The molecule has 0 heterocycles. The second-order valence-corrected chi connectivity index (χ2v) is 4.93. The maximum Gasteiger partial charge on any atom is 0.285 e. The van der Waals surface area contributed by atoms with Crippen LogP contribution in [0.15, 0.2) is 54.6 Å². The summed E-state index contributed by atoms with van der Waals surface area (Å²) in [7, 11) is 1.63. The Hall–Kier alpha value is -1.78. The van der Waals surface area contributed by atoms with E-state index in [0.29, 0.717) is 13.2 Å². The van der Waals surface area contributed by atoms with Gasteiger partial charge in [0.15, 0.2) is 0 Å². The number of halogens is 2. The van der Waals surface area contributed by atoms with Crippen LogP contribution >= 0.6 is 0 Å². The fourth-order valence-corrected chi connectivity index (χ4v) is 2.14. The Balaban J connectivity index is 1.90. The van der Waals surface area contributed by atoms with E-state index in [1.54, 1.807) is 25.3 Å². The minimum absolute atomic E-state index is 0.0330. The van der Waals surface area contributed by atoms with E-state index in [0.717, 1.165) is 11.1 Å². The van der Waals surface area contributed by atoms with Crippen molar-refractivity contribution in [3.05, 3.63) is 71.3 Å². The van der Waals surface area contributed by atoms with E-state index in [2.05, 4.69) is 5.32 Å². The summed E-state index contributed by atoms with van der Waals surface area (Å²) in [6.45, 7) is 0.541. The van der Waals surface area contributed by atoms with Gasteiger partial charge in [-0.05, 0) is 11.1 Å². The second kappa shape index (κ2) is 7.29. The summed E-state index contributed by atoms with van der Waals surface area (Å²) in [4.78, 5) is 0. The minimum Gasteiger partial charge on any atom is -0.380 e. The molecular formula is C17H19F2NO. The molecule has 0 spiro atoms. The predicted octanol–water partition coefficient (Wildman–Crippen LogP) is 3.71. The highest BCUT2D eigenvalue weighted by atomic mass is 19.3. The lowest BCUT2D eigenvalue weighted by Crippen LogP contribution is -2.30. The molecule has 0 unspecified atom stereocenters. The van der Waals surface area contributed by atoms with Crippen LogP contribution in [-0.4, -0.2) is 13.7 Å². The van der Waals surface area contributed by atoms with E-state index in [4.69, 9.17) is 4.74 Å². The first-order chi connectivity index (χ1) is 10.1. The third kappa shape index (κ3) is 4.62. The minimum atomic E-state index is -2.87. The van der Waals surface area contributed by atoms with Gasteiger partial charge in [0.05, 0.1) is 13.2 Å². The molecule has 0 fully saturated rings. The second-order valence-electron chi connectivity index (χ2n) is 4.93. The molecule has 2 nitrogen and oxygen atoms in total. The summed E-state index contributed by atoms with van der Waals surface area (Å²) in [6, 6.07) is 15.6. The number of ether oxygens (including phenoxy) is 1. The Morgan fingerprint density at radius 2 is 1.71 bits per heavy atom. The number of hydrogen-bond donors (Lipinski definition) is 1. The first-order valence-corrected chi connectivity index (χ1v) is 6.82. The molecule has 0 amide bonds. The molecule has 0 saturated heterocycles. The normalized spacial score (nSPS) is 11.6. The van der Waals surface area contributed by atoms with E-state index in [1.807, 2.05) is 24.3 Å². The summed E-state index contributed by atoms with van der Waals surface area (Å²) in [5.74, 6) is -2.87. The Morgan fingerprint density at radius 3 is 2.43 bits per heavy atom. The van der Waals surface area contributed by atoms with Crippen LogP contribution < -0.4 is 5.32 Å². The standard InChI is InChI=1S/C17H19F2NO/c1-21-12-15-7-5-6-14(10-15)11-20-13-17(18,19)16-8-3-2-4-9-16/h2-10,20H,11-13H2,1H3. The van der Waals surface area contributed by atoms with E-state index in [9.17, 15) is 8.78 Å². The lowest BCUT2D eigenvalue weighted by atomic mass is 10.1. The molecule has 2 rings (SSSR count). The Kier molecular flexibility index (Phi) is 5.42. The topological polar surface area (TPSA) is 21.3 Å². The number of methoxy groups -OCH3 is 1. The molecule has 112 valence electrons. The SMILES string of the molecule is COCc1cccc(CNCC(F)(F)c2ccccc2)c1. The molecule has 2 aromatic rings. The first kappa shape index (κ1) is 15.6. The van der Waals surface area contributed by atoms with Gasteiger partial charge in [-0.2, -0.15) is 8.78 Å². The van der Waals surface area contributed by atoms with Gasteiger partial charge in [0.2, 0.25) is 0 Å². The van der Waals surface area contributed by atoms with Crippen molar-refractivity contribution in [1.29, 1.82) is 0 Å². The van der Waals surface area contributed by atoms with Crippen LogP contribution in [0.3, 0.4) is 0 Å². The molecule has 0 aliphatic carbocycles. The third-order valence-electron chi connectivity index (χ3n) is 3.17. The molecule has 0 atom stereocenters. The highest BCUT2D eigenvalue weighted by molar-refractivity contribution is 5.23. The smallest absolute Gasteiger partial charge is 0.285 e. The predicted molar refractivity (Wildman–Crippen MR) is 79.2 cm³/mol. The van der Waals surface area contributed by atoms with Gasteiger partial charge < -0.3 is 10.1 Å². The molecule has 4 heteroatoms. The van der Waals surface area contributed by atoms with Gasteiger partial charge in [-0.15, -0.1) is 0 Å².